The van der Waals surface area contributed by atoms with Gasteiger partial charge in [-0.1, -0.05) is 13.5 Å². The van der Waals surface area contributed by atoms with E-state index < -0.39 is 11.4 Å². The average molecular weight is 198 g/mol. The minimum atomic E-state index is -1.02. The van der Waals surface area contributed by atoms with Crippen molar-refractivity contribution in [1.82, 2.24) is 0 Å². The first-order valence-electron chi connectivity index (χ1n) is 4.46. The number of carbonyl (C=O) groups excluding carboxylic acids is 1. The third-order valence-corrected chi connectivity index (χ3v) is 2.76. The third kappa shape index (κ3) is 1.95. The van der Waals surface area contributed by atoms with Crippen molar-refractivity contribution in [3.05, 3.63) is 12.2 Å². The summed E-state index contributed by atoms with van der Waals surface area (Å²) in [5, 5.41) is 8.68. The molecule has 14 heavy (non-hydrogen) atoms. The van der Waals surface area contributed by atoms with Gasteiger partial charge in [-0.25, -0.2) is 4.79 Å². The summed E-state index contributed by atoms with van der Waals surface area (Å²) >= 11 is 0. The highest BCUT2D eigenvalue weighted by atomic mass is 16.6. The highest BCUT2D eigenvalue weighted by Gasteiger charge is 2.43. The Morgan fingerprint density at radius 1 is 1.79 bits per heavy atom. The Morgan fingerprint density at radius 3 is 2.71 bits per heavy atom. The maximum atomic E-state index is 11.0. The lowest BCUT2D eigenvalue weighted by Gasteiger charge is -2.25. The van der Waals surface area contributed by atoms with Crippen LogP contribution in [0, 0.1) is 5.41 Å². The first-order valence-corrected chi connectivity index (χ1v) is 4.46. The first kappa shape index (κ1) is 10.8. The lowest BCUT2D eigenvalue weighted by atomic mass is 9.78. The number of rotatable bonds is 3. The molecule has 0 saturated carbocycles. The van der Waals surface area contributed by atoms with E-state index in [1.165, 1.54) is 0 Å². The Labute approximate surface area is 82.6 Å². The molecule has 2 atom stereocenters. The minimum absolute atomic E-state index is 0.123. The van der Waals surface area contributed by atoms with Crippen LogP contribution >= 0.6 is 0 Å². The lowest BCUT2D eigenvalue weighted by Crippen LogP contribution is -2.26. The molecule has 0 aromatic carbocycles. The molecule has 1 aliphatic rings. The van der Waals surface area contributed by atoms with Crippen molar-refractivity contribution in [3.63, 3.8) is 0 Å². The zero-order valence-electron chi connectivity index (χ0n) is 8.37. The van der Waals surface area contributed by atoms with Crippen molar-refractivity contribution in [2.75, 3.05) is 0 Å². The molecule has 0 amide bonds. The third-order valence-electron chi connectivity index (χ3n) is 2.76. The Morgan fingerprint density at radius 2 is 2.36 bits per heavy atom. The van der Waals surface area contributed by atoms with Crippen LogP contribution in [0.1, 0.15) is 26.7 Å². The largest absolute Gasteiger partial charge is 0.478 e. The van der Waals surface area contributed by atoms with Gasteiger partial charge in [-0.2, -0.15) is 0 Å². The Hall–Kier alpha value is -1.32. The van der Waals surface area contributed by atoms with Crippen LogP contribution in [0.25, 0.3) is 0 Å². The fraction of sp³-hybridized carbons (Fsp3) is 0.600. The standard InChI is InChI=1S/C10H14O4/c1-6(9(12)13)4-10(3)5-8(11)14-7(10)2/h7H,1,4-5H2,2-3H3,(H,12,13). The molecule has 1 heterocycles. The van der Waals surface area contributed by atoms with Gasteiger partial charge in [0.05, 0.1) is 6.42 Å². The van der Waals surface area contributed by atoms with Gasteiger partial charge >= 0.3 is 11.9 Å². The number of carbonyl (C=O) groups is 2. The van der Waals surface area contributed by atoms with Crippen LogP contribution in [-0.2, 0) is 14.3 Å². The molecule has 78 valence electrons. The molecule has 1 saturated heterocycles. The van der Waals surface area contributed by atoms with E-state index in [0.29, 0.717) is 0 Å². The number of esters is 1. The van der Waals surface area contributed by atoms with E-state index in [0.717, 1.165) is 0 Å². The summed E-state index contributed by atoms with van der Waals surface area (Å²) in [6, 6.07) is 0. The molecule has 0 aromatic rings. The zero-order valence-corrected chi connectivity index (χ0v) is 8.37. The van der Waals surface area contributed by atoms with Gasteiger partial charge in [-0.15, -0.1) is 0 Å². The van der Waals surface area contributed by atoms with Crippen molar-refractivity contribution in [2.45, 2.75) is 32.8 Å². The van der Waals surface area contributed by atoms with Crippen molar-refractivity contribution < 1.29 is 19.4 Å². The maximum absolute atomic E-state index is 11.0. The van der Waals surface area contributed by atoms with Crippen LogP contribution < -0.4 is 0 Å². The smallest absolute Gasteiger partial charge is 0.330 e. The summed E-state index contributed by atoms with van der Waals surface area (Å²) in [6.07, 6.45) is 0.307. The summed E-state index contributed by atoms with van der Waals surface area (Å²) < 4.78 is 4.98. The van der Waals surface area contributed by atoms with E-state index in [-0.39, 0.29) is 30.5 Å². The Kier molecular flexibility index (Phi) is 2.64. The number of hydrogen-bond acceptors (Lipinski definition) is 3. The summed E-state index contributed by atoms with van der Waals surface area (Å²) in [6.45, 7) is 7.08. The first-order chi connectivity index (χ1) is 6.35. The highest BCUT2D eigenvalue weighted by molar-refractivity contribution is 5.86. The number of carboxylic acids is 1. The summed E-state index contributed by atoms with van der Waals surface area (Å²) in [5.74, 6) is -1.28. The van der Waals surface area contributed by atoms with E-state index >= 15 is 0 Å². The van der Waals surface area contributed by atoms with Gasteiger partial charge in [0.1, 0.15) is 6.10 Å². The second kappa shape index (κ2) is 3.44. The fourth-order valence-corrected chi connectivity index (χ4v) is 1.62. The average Bonchev–Trinajstić information content (AvgIpc) is 2.25. The van der Waals surface area contributed by atoms with Crippen LogP contribution in [0.4, 0.5) is 0 Å². The normalized spacial score (nSPS) is 31.3. The highest BCUT2D eigenvalue weighted by Crippen LogP contribution is 2.40. The molecule has 4 nitrogen and oxygen atoms in total. The molecule has 0 bridgehead atoms. The summed E-state index contributed by atoms with van der Waals surface area (Å²) in [4.78, 5) is 21.6. The molecule has 0 radical (unpaired) electrons. The second-order valence-corrected chi connectivity index (χ2v) is 4.05. The van der Waals surface area contributed by atoms with E-state index in [4.69, 9.17) is 9.84 Å². The van der Waals surface area contributed by atoms with Crippen LogP contribution in [0.5, 0.6) is 0 Å². The number of ether oxygens (including phenoxy) is 1. The molecule has 0 aromatic heterocycles. The zero-order chi connectivity index (χ0) is 10.9. The quantitative estimate of drug-likeness (QED) is 0.549. The lowest BCUT2D eigenvalue weighted by molar-refractivity contribution is -0.141. The predicted octanol–water partition coefficient (Wildman–Crippen LogP) is 1.36. The molecular formula is C10H14O4. The summed E-state index contributed by atoms with van der Waals surface area (Å²) in [7, 11) is 0. The van der Waals surface area contributed by atoms with Crippen molar-refractivity contribution in [1.29, 1.82) is 0 Å². The molecule has 4 heteroatoms. The topological polar surface area (TPSA) is 63.6 Å². The number of carboxylic acid groups (broad SMARTS) is 1. The van der Waals surface area contributed by atoms with Crippen LogP contribution in [0.15, 0.2) is 12.2 Å². The van der Waals surface area contributed by atoms with Gasteiger partial charge in [-0.05, 0) is 13.3 Å². The van der Waals surface area contributed by atoms with Gasteiger partial charge < -0.3 is 9.84 Å². The van der Waals surface area contributed by atoms with Gasteiger partial charge in [0.2, 0.25) is 0 Å². The van der Waals surface area contributed by atoms with Gasteiger partial charge in [0.25, 0.3) is 0 Å². The molecule has 1 fully saturated rings. The Bertz CT molecular complexity index is 294. The SMILES string of the molecule is C=C(CC1(C)CC(=O)OC1C)C(=O)O. The fourth-order valence-electron chi connectivity index (χ4n) is 1.62. The monoisotopic (exact) mass is 198 g/mol. The van der Waals surface area contributed by atoms with Gasteiger partial charge in [0.15, 0.2) is 0 Å². The molecule has 0 aliphatic carbocycles. The van der Waals surface area contributed by atoms with Crippen LogP contribution in [0.2, 0.25) is 0 Å². The van der Waals surface area contributed by atoms with Crippen molar-refractivity contribution in [2.24, 2.45) is 5.41 Å². The second-order valence-electron chi connectivity index (χ2n) is 4.05. The number of aliphatic carboxylic acids is 1. The van der Waals surface area contributed by atoms with E-state index in [2.05, 4.69) is 6.58 Å². The van der Waals surface area contributed by atoms with Crippen molar-refractivity contribution >= 4 is 11.9 Å². The molecule has 2 unspecified atom stereocenters. The molecule has 1 N–H and O–H groups in total. The molecule has 0 spiro atoms. The van der Waals surface area contributed by atoms with Gasteiger partial charge in [0, 0.05) is 11.0 Å². The predicted molar refractivity (Wildman–Crippen MR) is 49.7 cm³/mol. The van der Waals surface area contributed by atoms with Gasteiger partial charge in [-0.3, -0.25) is 4.79 Å². The molecule has 1 aliphatic heterocycles. The molecular weight excluding hydrogens is 184 g/mol. The summed E-state index contributed by atoms with van der Waals surface area (Å²) in [5.41, 5.74) is -0.301. The molecule has 1 rings (SSSR count). The van der Waals surface area contributed by atoms with E-state index in [9.17, 15) is 9.59 Å². The van der Waals surface area contributed by atoms with E-state index in [1.54, 1.807) is 6.92 Å². The number of cyclic esters (lactones) is 1. The number of hydrogen-bond donors (Lipinski definition) is 1. The Balaban J connectivity index is 2.72. The van der Waals surface area contributed by atoms with Crippen molar-refractivity contribution in [3.8, 4) is 0 Å². The van der Waals surface area contributed by atoms with Crippen LogP contribution in [0.3, 0.4) is 0 Å². The van der Waals surface area contributed by atoms with E-state index in [1.807, 2.05) is 6.92 Å². The minimum Gasteiger partial charge on any atom is -0.478 e. The van der Waals surface area contributed by atoms with Crippen LogP contribution in [-0.4, -0.2) is 23.1 Å². The maximum Gasteiger partial charge on any atom is 0.330 e.